The zero-order valence-electron chi connectivity index (χ0n) is 62.0. The summed E-state index contributed by atoms with van der Waals surface area (Å²) in [5.41, 5.74) is 8.24. The van der Waals surface area contributed by atoms with Crippen molar-refractivity contribution in [3.63, 3.8) is 0 Å². The van der Waals surface area contributed by atoms with E-state index in [-0.39, 0.29) is 49.7 Å². The van der Waals surface area contributed by atoms with Crippen LogP contribution in [0.3, 0.4) is 0 Å². The second kappa shape index (κ2) is 18.1. The Bertz CT molecular complexity index is 5530. The Hall–Kier alpha value is -9.90. The number of para-hydroxylation sites is 4. The van der Waals surface area contributed by atoms with E-state index >= 15 is 0 Å². The van der Waals surface area contributed by atoms with E-state index in [1.807, 2.05) is 146 Å². The first kappa shape index (κ1) is 32.2. The van der Waals surface area contributed by atoms with Crippen molar-refractivity contribution in [2.75, 3.05) is 4.90 Å². The minimum atomic E-state index is -1.54. The molecule has 0 atom stereocenters. The zero-order valence-corrected chi connectivity index (χ0v) is 44.0. The van der Waals surface area contributed by atoms with Crippen LogP contribution in [0.2, 0.25) is 0 Å². The molecule has 12 aromatic carbocycles. The third kappa shape index (κ3) is 7.09. The molecule has 16 rings (SSSR count). The van der Waals surface area contributed by atoms with Crippen molar-refractivity contribution >= 4 is 62.0 Å². The first-order chi connectivity index (χ1) is 47.3. The molecule has 13 aromatic rings. The molecule has 382 valence electrons. The normalized spacial score (nSPS) is 16.6. The van der Waals surface area contributed by atoms with Crippen LogP contribution in [0.1, 0.15) is 73.3 Å². The maximum absolute atomic E-state index is 9.94. The highest BCUT2D eigenvalue weighted by atomic mass is 16.5. The molecule has 3 nitrogen and oxygen atoms in total. The van der Waals surface area contributed by atoms with Crippen molar-refractivity contribution < 1.29 is 29.4 Å². The van der Waals surface area contributed by atoms with Crippen molar-refractivity contribution in [1.82, 2.24) is 4.57 Å². The van der Waals surface area contributed by atoms with Crippen LogP contribution in [0.15, 0.2) is 279 Å². The number of hydrogen-bond donors (Lipinski definition) is 0. The van der Waals surface area contributed by atoms with Gasteiger partial charge >= 0.3 is 0 Å². The van der Waals surface area contributed by atoms with Gasteiger partial charge in [-0.25, -0.2) is 0 Å². The van der Waals surface area contributed by atoms with Crippen LogP contribution in [-0.2, 0) is 10.8 Å². The van der Waals surface area contributed by atoms with E-state index in [9.17, 15) is 13.7 Å². The van der Waals surface area contributed by atoms with Gasteiger partial charge in [0, 0.05) is 50.1 Å². The molecule has 0 amide bonds. The fourth-order valence-electron chi connectivity index (χ4n) is 13.0. The molecule has 1 spiro atoms. The van der Waals surface area contributed by atoms with Gasteiger partial charge in [0.1, 0.15) is 11.5 Å². The van der Waals surface area contributed by atoms with Crippen LogP contribution in [-0.4, -0.2) is 11.3 Å². The molecule has 81 heavy (non-hydrogen) atoms. The summed E-state index contributed by atoms with van der Waals surface area (Å²) in [5.74, 6) is 0.892. The molecule has 3 aliphatic rings. The van der Waals surface area contributed by atoms with Crippen molar-refractivity contribution in [1.29, 1.82) is 0 Å². The van der Waals surface area contributed by atoms with Gasteiger partial charge in [-0.3, -0.25) is 0 Å². The van der Waals surface area contributed by atoms with E-state index < -0.39 is 126 Å². The number of ether oxygens (including phenoxy) is 1. The lowest BCUT2D eigenvalue weighted by molar-refractivity contribution is 0.435. The number of anilines is 3. The largest absolute Gasteiger partial charge is 0.457 e. The van der Waals surface area contributed by atoms with Crippen molar-refractivity contribution in [2.24, 2.45) is 0 Å². The van der Waals surface area contributed by atoms with Gasteiger partial charge in [0.15, 0.2) is 0 Å². The summed E-state index contributed by atoms with van der Waals surface area (Å²) in [6.07, 6.45) is 0. The Kier molecular flexibility index (Phi) is 7.19. The smallest absolute Gasteiger partial charge is 0.247 e. The van der Waals surface area contributed by atoms with E-state index in [0.717, 1.165) is 27.8 Å². The molecule has 0 radical (unpaired) electrons. The molecular formula is C77H55BN2O. The average molecular weight is 1050 g/mol. The summed E-state index contributed by atoms with van der Waals surface area (Å²) in [6.45, 7) is 5.41. The highest BCUT2D eigenvalue weighted by Crippen LogP contribution is 2.59. The molecule has 4 heteroatoms. The number of aromatic nitrogens is 1. The lowest BCUT2D eigenvalue weighted by atomic mass is 9.29. The first-order valence-electron chi connectivity index (χ1n) is 35.9. The number of rotatable bonds is 6. The molecule has 0 saturated heterocycles. The number of hydrogen-bond acceptors (Lipinski definition) is 2. The van der Waals surface area contributed by atoms with E-state index in [0.29, 0.717) is 67.2 Å². The van der Waals surface area contributed by atoms with Gasteiger partial charge in [0.25, 0.3) is 0 Å². The summed E-state index contributed by atoms with van der Waals surface area (Å²) in [4.78, 5) is 2.14. The number of fused-ring (bicyclic) bond motifs is 13. The molecule has 0 fully saturated rings. The average Bonchev–Trinajstić information content (AvgIpc) is 1.54. The molecule has 0 aliphatic carbocycles. The SMILES string of the molecule is [2H]c1c([2H])c([2H])c(-c2ccc3c(c2)B2c4cc(-c5c([2H])c([2H])c([2H])c([2H])c5[2H])ccc4C4(c5ccccc5Oc5ccccc54)c4cc(-n5c6c([2H])c([2H])c([2H])c([2H])c6c6c([2H])c([2H])c([2H])c([2H])c65)cc(c42)N3c2c(-c3ccccc3)cc(C(C)(C)C)cc2-c2ccccc2)c([2H])c1[2H]. The van der Waals surface area contributed by atoms with Crippen molar-refractivity contribution in [3.8, 4) is 61.7 Å². The summed E-state index contributed by atoms with van der Waals surface area (Å²) in [7, 11) is 0. The van der Waals surface area contributed by atoms with Gasteiger partial charge in [-0.1, -0.05) is 250 Å². The van der Waals surface area contributed by atoms with Crippen LogP contribution in [0.25, 0.3) is 72.0 Å². The van der Waals surface area contributed by atoms with Gasteiger partial charge in [-0.05, 0) is 121 Å². The summed E-state index contributed by atoms with van der Waals surface area (Å²) >= 11 is 0. The van der Waals surface area contributed by atoms with Crippen LogP contribution in [0.5, 0.6) is 11.5 Å². The lowest BCUT2D eigenvalue weighted by Crippen LogP contribution is -2.65. The number of benzene rings is 12. The number of nitrogens with zero attached hydrogens (tertiary/aromatic N) is 2. The van der Waals surface area contributed by atoms with E-state index in [2.05, 4.69) is 37.8 Å². The quantitative estimate of drug-likeness (QED) is 0.154. The third-order valence-electron chi connectivity index (χ3n) is 16.5. The Morgan fingerprint density at radius 2 is 0.926 bits per heavy atom. The third-order valence-corrected chi connectivity index (χ3v) is 16.5. The molecule has 1 aromatic heterocycles. The first-order valence-corrected chi connectivity index (χ1v) is 26.9. The fourth-order valence-corrected chi connectivity index (χ4v) is 13.0. The molecule has 0 saturated carbocycles. The summed E-state index contributed by atoms with van der Waals surface area (Å²) in [6, 6.07) is 44.4. The van der Waals surface area contributed by atoms with Gasteiger partial charge in [-0.15, -0.1) is 0 Å². The minimum absolute atomic E-state index is 0.0723. The molecule has 0 bridgehead atoms. The maximum Gasteiger partial charge on any atom is 0.247 e. The van der Waals surface area contributed by atoms with Crippen molar-refractivity contribution in [2.45, 2.75) is 31.6 Å². The predicted molar refractivity (Wildman–Crippen MR) is 339 cm³/mol. The van der Waals surface area contributed by atoms with Gasteiger partial charge in [0.2, 0.25) is 6.71 Å². The molecule has 3 aliphatic heterocycles. The van der Waals surface area contributed by atoms with E-state index in [1.165, 1.54) is 4.57 Å². The Balaban J connectivity index is 1.19. The van der Waals surface area contributed by atoms with Crippen molar-refractivity contribution in [3.05, 3.63) is 306 Å². The highest BCUT2D eigenvalue weighted by Gasteiger charge is 2.55. The standard InChI is InChI=1S/C77H55BN2O/c1-76(2,3)56-46-60(52-28-12-6-13-29-52)75(61(47-56)53-30-14-7-15-31-53)80-70-43-41-55(51-26-10-5-11-27-51)45-67(70)78-66-44-54(50-24-8-4-9-25-50)40-42-62(66)77(63-34-18-22-38-72(63)81-73-39-23-19-35-64(73)77)65-48-57(49-71(80)74(65)78)79-68-36-20-16-32-58(68)59-33-17-21-37-69(59)79/h4-49H,1-3H3/i4D,5D,8D,9D,10D,11D,16D,17D,20D,21D,24D,25D,26D,27D,32D,33D,36D,37D. The Labute approximate surface area is 499 Å². The van der Waals surface area contributed by atoms with Gasteiger partial charge in [-0.2, -0.15) is 0 Å². The molecule has 0 unspecified atom stereocenters. The minimum Gasteiger partial charge on any atom is -0.457 e. The van der Waals surface area contributed by atoms with Crippen LogP contribution in [0.4, 0.5) is 17.1 Å². The maximum atomic E-state index is 9.94. The second-order valence-electron chi connectivity index (χ2n) is 21.8. The second-order valence-corrected chi connectivity index (χ2v) is 21.8. The molecule has 4 heterocycles. The zero-order chi connectivity index (χ0) is 69.6. The summed E-state index contributed by atoms with van der Waals surface area (Å²) < 4.78 is 176. The summed E-state index contributed by atoms with van der Waals surface area (Å²) in [5, 5.41) is -0.265. The molecule has 0 N–H and O–H groups in total. The van der Waals surface area contributed by atoms with Gasteiger partial charge < -0.3 is 14.2 Å². The fraction of sp³-hybridized carbons (Fsp3) is 0.0649. The van der Waals surface area contributed by atoms with Gasteiger partial charge in [0.05, 0.1) is 46.8 Å². The van der Waals surface area contributed by atoms with E-state index in [1.54, 1.807) is 12.1 Å². The van der Waals surface area contributed by atoms with Crippen LogP contribution in [0, 0.1) is 0 Å². The lowest BCUT2D eigenvalue weighted by Gasteiger charge is -2.50. The Morgan fingerprint density at radius 1 is 0.420 bits per heavy atom. The van der Waals surface area contributed by atoms with Crippen LogP contribution < -0.4 is 26.0 Å². The topological polar surface area (TPSA) is 17.4 Å². The highest BCUT2D eigenvalue weighted by molar-refractivity contribution is 6.99. The molecular weight excluding hydrogens is 980 g/mol. The Morgan fingerprint density at radius 3 is 1.49 bits per heavy atom. The predicted octanol–water partition coefficient (Wildman–Crippen LogP) is 17.9. The monoisotopic (exact) mass is 1050 g/mol. The van der Waals surface area contributed by atoms with E-state index in [4.69, 9.17) is 15.7 Å². The van der Waals surface area contributed by atoms with Crippen LogP contribution >= 0.6 is 0 Å².